The number of imidazole rings is 1. The number of aromatic nitrogens is 2. The zero-order valence-electron chi connectivity index (χ0n) is 12.7. The lowest BCUT2D eigenvalue weighted by molar-refractivity contribution is 0.602. The smallest absolute Gasteiger partial charge is 0.193 e. The molecule has 0 aliphatic heterocycles. The highest BCUT2D eigenvalue weighted by Gasteiger charge is 1.97. The number of hydrogen-bond acceptors (Lipinski definition) is 2. The molecule has 2 aromatic rings. The highest BCUT2D eigenvalue weighted by molar-refractivity contribution is 5.92. The van der Waals surface area contributed by atoms with E-state index in [1.54, 1.807) is 0 Å². The number of nitrogens with two attached hydrogens (primary N) is 1. The van der Waals surface area contributed by atoms with E-state index in [0.717, 1.165) is 37.4 Å². The predicted molar refractivity (Wildman–Crippen MR) is 87.5 cm³/mol. The van der Waals surface area contributed by atoms with Gasteiger partial charge in [0.15, 0.2) is 5.96 Å². The molecule has 1 heterocycles. The van der Waals surface area contributed by atoms with Gasteiger partial charge in [-0.05, 0) is 38.8 Å². The molecule has 0 atom stereocenters. The first kappa shape index (κ1) is 15.1. The van der Waals surface area contributed by atoms with Gasteiger partial charge in [0, 0.05) is 31.2 Å². The van der Waals surface area contributed by atoms with Crippen molar-refractivity contribution in [1.82, 2.24) is 9.55 Å². The van der Waals surface area contributed by atoms with Crippen molar-refractivity contribution in [3.05, 3.63) is 48.0 Å². The summed E-state index contributed by atoms with van der Waals surface area (Å²) >= 11 is 0. The Bertz CT molecular complexity index is 583. The first-order chi connectivity index (χ1) is 10.1. The van der Waals surface area contributed by atoms with Crippen molar-refractivity contribution in [1.29, 1.82) is 0 Å². The highest BCUT2D eigenvalue weighted by atomic mass is 15.1. The Hall–Kier alpha value is -2.30. The molecule has 0 unspecified atom stereocenters. The van der Waals surface area contributed by atoms with Crippen molar-refractivity contribution in [3.63, 3.8) is 0 Å². The summed E-state index contributed by atoms with van der Waals surface area (Å²) in [6.07, 6.45) is 5.91. The molecule has 2 rings (SSSR count). The summed E-state index contributed by atoms with van der Waals surface area (Å²) in [5.74, 6) is 1.52. The molecule has 0 spiro atoms. The zero-order chi connectivity index (χ0) is 15.1. The molecule has 1 aromatic carbocycles. The molecule has 112 valence electrons. The van der Waals surface area contributed by atoms with Crippen LogP contribution in [0.15, 0.2) is 41.7 Å². The van der Waals surface area contributed by atoms with Crippen molar-refractivity contribution in [2.24, 2.45) is 10.7 Å². The Morgan fingerprint density at radius 2 is 2.00 bits per heavy atom. The number of aliphatic imine (C=N–C) groups is 1. The number of anilines is 1. The van der Waals surface area contributed by atoms with Gasteiger partial charge >= 0.3 is 0 Å². The van der Waals surface area contributed by atoms with Crippen molar-refractivity contribution < 1.29 is 0 Å². The van der Waals surface area contributed by atoms with E-state index in [4.69, 9.17) is 5.73 Å². The lowest BCUT2D eigenvalue weighted by atomic mass is 10.2. The summed E-state index contributed by atoms with van der Waals surface area (Å²) in [5.41, 5.74) is 8.06. The first-order valence-electron chi connectivity index (χ1n) is 7.26. The van der Waals surface area contributed by atoms with E-state index in [-0.39, 0.29) is 0 Å². The Kier molecular flexibility index (Phi) is 5.37. The Morgan fingerprint density at radius 3 is 2.67 bits per heavy atom. The SMILES string of the molecule is Cc1ccc(NC(N)=NCCCCn2ccnc2C)cc1. The summed E-state index contributed by atoms with van der Waals surface area (Å²) in [5, 5.41) is 3.10. The van der Waals surface area contributed by atoms with E-state index in [1.807, 2.05) is 43.6 Å². The third-order valence-electron chi connectivity index (χ3n) is 3.34. The fourth-order valence-corrected chi connectivity index (χ4v) is 2.06. The fraction of sp³-hybridized carbons (Fsp3) is 0.375. The van der Waals surface area contributed by atoms with E-state index in [9.17, 15) is 0 Å². The van der Waals surface area contributed by atoms with Gasteiger partial charge in [-0.3, -0.25) is 4.99 Å². The van der Waals surface area contributed by atoms with Gasteiger partial charge < -0.3 is 15.6 Å². The second-order valence-electron chi connectivity index (χ2n) is 5.13. The number of guanidine groups is 1. The number of aryl methyl sites for hydroxylation is 3. The number of nitrogens with zero attached hydrogens (tertiary/aromatic N) is 3. The summed E-state index contributed by atoms with van der Waals surface area (Å²) in [4.78, 5) is 8.54. The summed E-state index contributed by atoms with van der Waals surface area (Å²) < 4.78 is 2.15. The molecule has 0 amide bonds. The van der Waals surface area contributed by atoms with Crippen molar-refractivity contribution in [2.45, 2.75) is 33.2 Å². The Morgan fingerprint density at radius 1 is 1.24 bits per heavy atom. The monoisotopic (exact) mass is 285 g/mol. The van der Waals surface area contributed by atoms with Crippen LogP contribution in [0.4, 0.5) is 5.69 Å². The third kappa shape index (κ3) is 4.95. The minimum Gasteiger partial charge on any atom is -0.370 e. The number of rotatable bonds is 6. The Labute approximate surface area is 125 Å². The average Bonchev–Trinajstić information content (AvgIpc) is 2.87. The van der Waals surface area contributed by atoms with Gasteiger partial charge in [-0.1, -0.05) is 17.7 Å². The van der Waals surface area contributed by atoms with Gasteiger partial charge in [-0.15, -0.1) is 0 Å². The number of unbranched alkanes of at least 4 members (excludes halogenated alkanes) is 1. The maximum absolute atomic E-state index is 5.87. The molecule has 0 saturated carbocycles. The Balaban J connectivity index is 1.69. The van der Waals surface area contributed by atoms with E-state index in [2.05, 4.69) is 26.8 Å². The van der Waals surface area contributed by atoms with Crippen LogP contribution in [0.25, 0.3) is 0 Å². The van der Waals surface area contributed by atoms with Gasteiger partial charge in [0.25, 0.3) is 0 Å². The zero-order valence-corrected chi connectivity index (χ0v) is 12.7. The van der Waals surface area contributed by atoms with Crippen LogP contribution in [0.5, 0.6) is 0 Å². The molecule has 3 N–H and O–H groups in total. The minimum absolute atomic E-state index is 0.470. The molecule has 1 aromatic heterocycles. The van der Waals surface area contributed by atoms with Crippen molar-refractivity contribution >= 4 is 11.6 Å². The summed E-state index contributed by atoms with van der Waals surface area (Å²) in [6, 6.07) is 8.09. The lowest BCUT2D eigenvalue weighted by Gasteiger charge is -2.06. The van der Waals surface area contributed by atoms with Crippen LogP contribution in [0.3, 0.4) is 0 Å². The lowest BCUT2D eigenvalue weighted by Crippen LogP contribution is -2.22. The molecule has 0 saturated heterocycles. The van der Waals surface area contributed by atoms with Gasteiger partial charge in [0.05, 0.1) is 0 Å². The van der Waals surface area contributed by atoms with E-state index in [1.165, 1.54) is 5.56 Å². The molecule has 21 heavy (non-hydrogen) atoms. The molecule has 5 nitrogen and oxygen atoms in total. The average molecular weight is 285 g/mol. The normalized spacial score (nSPS) is 11.6. The van der Waals surface area contributed by atoms with Crippen LogP contribution in [-0.4, -0.2) is 22.1 Å². The number of nitrogens with one attached hydrogen (secondary N) is 1. The van der Waals surface area contributed by atoms with Gasteiger partial charge in [-0.25, -0.2) is 4.98 Å². The largest absolute Gasteiger partial charge is 0.370 e. The summed E-state index contributed by atoms with van der Waals surface area (Å²) in [6.45, 7) is 5.79. The fourth-order valence-electron chi connectivity index (χ4n) is 2.06. The molecule has 0 fully saturated rings. The van der Waals surface area contributed by atoms with Gasteiger partial charge in [-0.2, -0.15) is 0 Å². The van der Waals surface area contributed by atoms with Crippen LogP contribution in [-0.2, 0) is 6.54 Å². The van der Waals surface area contributed by atoms with E-state index >= 15 is 0 Å². The first-order valence-corrected chi connectivity index (χ1v) is 7.26. The minimum atomic E-state index is 0.470. The van der Waals surface area contributed by atoms with Gasteiger partial charge in [0.1, 0.15) is 5.82 Å². The highest BCUT2D eigenvalue weighted by Crippen LogP contribution is 2.08. The standard InChI is InChI=1S/C16H23N5/c1-13-5-7-15(8-6-13)20-16(17)19-9-3-4-11-21-12-10-18-14(21)2/h5-8,10,12H,3-4,9,11H2,1-2H3,(H3,17,19,20). The van der Waals surface area contributed by atoms with Crippen LogP contribution in [0, 0.1) is 13.8 Å². The number of hydrogen-bond donors (Lipinski definition) is 2. The quantitative estimate of drug-likeness (QED) is 0.487. The van der Waals surface area contributed by atoms with Crippen LogP contribution >= 0.6 is 0 Å². The second-order valence-corrected chi connectivity index (χ2v) is 5.13. The molecule has 0 aliphatic carbocycles. The van der Waals surface area contributed by atoms with Crippen LogP contribution < -0.4 is 11.1 Å². The molecule has 0 bridgehead atoms. The molecule has 0 aliphatic rings. The van der Waals surface area contributed by atoms with Crippen molar-refractivity contribution in [3.8, 4) is 0 Å². The maximum Gasteiger partial charge on any atom is 0.193 e. The molecule has 5 heteroatoms. The van der Waals surface area contributed by atoms with E-state index < -0.39 is 0 Å². The maximum atomic E-state index is 5.87. The van der Waals surface area contributed by atoms with E-state index in [0.29, 0.717) is 5.96 Å². The predicted octanol–water partition coefficient (Wildman–Crippen LogP) is 2.71. The van der Waals surface area contributed by atoms with Crippen molar-refractivity contribution in [2.75, 3.05) is 11.9 Å². The van der Waals surface area contributed by atoms with Crippen LogP contribution in [0.1, 0.15) is 24.2 Å². The molecular weight excluding hydrogens is 262 g/mol. The number of benzene rings is 1. The molecular formula is C16H23N5. The third-order valence-corrected chi connectivity index (χ3v) is 3.34. The van der Waals surface area contributed by atoms with Gasteiger partial charge in [0.2, 0.25) is 0 Å². The molecule has 0 radical (unpaired) electrons. The topological polar surface area (TPSA) is 68.2 Å². The second kappa shape index (κ2) is 7.47. The van der Waals surface area contributed by atoms with Crippen LogP contribution in [0.2, 0.25) is 0 Å². The summed E-state index contributed by atoms with van der Waals surface area (Å²) in [7, 11) is 0.